The molecule has 1 N–H and O–H groups in total. The second kappa shape index (κ2) is 6.00. The first-order chi connectivity index (χ1) is 7.84. The lowest BCUT2D eigenvalue weighted by Gasteiger charge is -2.02. The van der Waals surface area contributed by atoms with Gasteiger partial charge < -0.3 is 9.73 Å². The van der Waals surface area contributed by atoms with Crippen LogP contribution in [0.4, 0.5) is 0 Å². The van der Waals surface area contributed by atoms with Crippen LogP contribution in [0.5, 0.6) is 0 Å². The number of nitrogens with one attached hydrogen (secondary N) is 1. The summed E-state index contributed by atoms with van der Waals surface area (Å²) in [5.74, 6) is 0.977. The third-order valence-electron chi connectivity index (χ3n) is 2.21. The fourth-order valence-corrected chi connectivity index (χ4v) is 1.88. The van der Waals surface area contributed by atoms with Gasteiger partial charge in [-0.25, -0.2) is 0 Å². The van der Waals surface area contributed by atoms with Crippen molar-refractivity contribution in [1.29, 1.82) is 0 Å². The molecule has 0 radical (unpaired) electrons. The summed E-state index contributed by atoms with van der Waals surface area (Å²) in [6, 6.07) is 9.95. The zero-order valence-electron chi connectivity index (χ0n) is 8.82. The highest BCUT2D eigenvalue weighted by Gasteiger charge is 1.98. The third kappa shape index (κ3) is 3.61. The fraction of sp³-hybridized carbons (Fsp3) is 0.250. The first kappa shape index (κ1) is 11.6. The summed E-state index contributed by atoms with van der Waals surface area (Å²) in [4.78, 5) is 4.26. The third-order valence-corrected chi connectivity index (χ3v) is 2.79. The van der Waals surface area contributed by atoms with Crippen molar-refractivity contribution in [1.82, 2.24) is 10.3 Å². The minimum atomic E-state index is 0.774. The molecule has 0 spiro atoms. The Morgan fingerprint density at radius 1 is 1.25 bits per heavy atom. The van der Waals surface area contributed by atoms with Crippen LogP contribution in [-0.4, -0.2) is 11.5 Å². The molecular weight excluding hydrogens is 315 g/mol. The summed E-state index contributed by atoms with van der Waals surface area (Å²) >= 11 is 2.17. The number of halogens is 1. The SMILES string of the molecule is Ic1ccc(CNCCc2ccccn2)o1. The van der Waals surface area contributed by atoms with E-state index in [9.17, 15) is 0 Å². The number of rotatable bonds is 5. The number of nitrogens with zero attached hydrogens (tertiary/aromatic N) is 1. The van der Waals surface area contributed by atoms with E-state index in [0.717, 1.165) is 34.7 Å². The Morgan fingerprint density at radius 3 is 2.88 bits per heavy atom. The van der Waals surface area contributed by atoms with Crippen LogP contribution in [0, 0.1) is 3.77 Å². The van der Waals surface area contributed by atoms with Crippen molar-refractivity contribution >= 4 is 22.6 Å². The Morgan fingerprint density at radius 2 is 2.19 bits per heavy atom. The Hall–Kier alpha value is -0.880. The molecule has 0 bridgehead atoms. The van der Waals surface area contributed by atoms with Gasteiger partial charge in [-0.05, 0) is 46.9 Å². The molecule has 2 rings (SSSR count). The number of pyridine rings is 1. The number of aromatic nitrogens is 1. The lowest BCUT2D eigenvalue weighted by atomic mass is 10.3. The number of furan rings is 1. The molecular formula is C12H13IN2O. The molecule has 2 aromatic rings. The molecule has 3 nitrogen and oxygen atoms in total. The lowest BCUT2D eigenvalue weighted by Crippen LogP contribution is -2.16. The molecule has 0 aliphatic carbocycles. The molecule has 0 saturated heterocycles. The van der Waals surface area contributed by atoms with Gasteiger partial charge in [-0.3, -0.25) is 4.98 Å². The average molecular weight is 328 g/mol. The Bertz CT molecular complexity index is 428. The molecule has 0 fully saturated rings. The van der Waals surface area contributed by atoms with E-state index in [1.165, 1.54) is 0 Å². The van der Waals surface area contributed by atoms with Crippen LogP contribution in [0.25, 0.3) is 0 Å². The summed E-state index contributed by atoms with van der Waals surface area (Å²) in [5, 5.41) is 3.33. The quantitative estimate of drug-likeness (QED) is 0.677. The molecule has 0 aliphatic rings. The molecule has 0 saturated carbocycles. The Labute approximate surface area is 108 Å². The summed E-state index contributed by atoms with van der Waals surface area (Å²) in [6.45, 7) is 1.68. The van der Waals surface area contributed by atoms with Crippen LogP contribution >= 0.6 is 22.6 Å². The second-order valence-corrected chi connectivity index (χ2v) is 4.52. The van der Waals surface area contributed by atoms with Gasteiger partial charge >= 0.3 is 0 Å². The van der Waals surface area contributed by atoms with Crippen molar-refractivity contribution in [2.45, 2.75) is 13.0 Å². The van der Waals surface area contributed by atoms with Gasteiger partial charge in [-0.2, -0.15) is 0 Å². The Balaban J connectivity index is 1.69. The second-order valence-electron chi connectivity index (χ2n) is 3.45. The van der Waals surface area contributed by atoms with Crippen LogP contribution in [0.15, 0.2) is 40.9 Å². The van der Waals surface area contributed by atoms with Gasteiger partial charge in [-0.1, -0.05) is 6.07 Å². The molecule has 84 valence electrons. The van der Waals surface area contributed by atoms with Gasteiger partial charge in [0.2, 0.25) is 0 Å². The summed E-state index contributed by atoms with van der Waals surface area (Å²) in [6.07, 6.45) is 2.77. The molecule has 0 amide bonds. The maximum absolute atomic E-state index is 5.44. The summed E-state index contributed by atoms with van der Waals surface area (Å²) < 4.78 is 6.37. The van der Waals surface area contributed by atoms with Gasteiger partial charge in [0.15, 0.2) is 3.77 Å². The standard InChI is InChI=1S/C12H13IN2O/c13-12-5-4-11(16-12)9-14-8-6-10-3-1-2-7-15-10/h1-5,7,14H,6,8-9H2. The van der Waals surface area contributed by atoms with E-state index < -0.39 is 0 Å². The monoisotopic (exact) mass is 328 g/mol. The zero-order valence-corrected chi connectivity index (χ0v) is 11.0. The van der Waals surface area contributed by atoms with Gasteiger partial charge in [-0.15, -0.1) is 0 Å². The maximum Gasteiger partial charge on any atom is 0.164 e. The van der Waals surface area contributed by atoms with Gasteiger partial charge in [0.25, 0.3) is 0 Å². The molecule has 0 aliphatic heterocycles. The van der Waals surface area contributed by atoms with E-state index in [1.807, 2.05) is 36.5 Å². The minimum Gasteiger partial charge on any atom is -0.454 e. The van der Waals surface area contributed by atoms with Crippen LogP contribution < -0.4 is 5.32 Å². The first-order valence-electron chi connectivity index (χ1n) is 5.19. The highest BCUT2D eigenvalue weighted by atomic mass is 127. The highest BCUT2D eigenvalue weighted by Crippen LogP contribution is 2.09. The minimum absolute atomic E-state index is 0.774. The largest absolute Gasteiger partial charge is 0.454 e. The van der Waals surface area contributed by atoms with Crippen LogP contribution in [0.2, 0.25) is 0 Å². The number of hydrogen-bond acceptors (Lipinski definition) is 3. The van der Waals surface area contributed by atoms with Gasteiger partial charge in [0, 0.05) is 24.9 Å². The van der Waals surface area contributed by atoms with E-state index in [1.54, 1.807) is 0 Å². The van der Waals surface area contributed by atoms with E-state index in [0.29, 0.717) is 0 Å². The van der Waals surface area contributed by atoms with E-state index in [4.69, 9.17) is 4.42 Å². The average Bonchev–Trinajstić information content (AvgIpc) is 2.72. The molecule has 2 heterocycles. The van der Waals surface area contributed by atoms with Crippen molar-refractivity contribution < 1.29 is 4.42 Å². The Kier molecular flexibility index (Phi) is 4.35. The maximum atomic E-state index is 5.44. The van der Waals surface area contributed by atoms with Crippen molar-refractivity contribution in [2.75, 3.05) is 6.54 Å². The summed E-state index contributed by atoms with van der Waals surface area (Å²) in [7, 11) is 0. The molecule has 4 heteroatoms. The molecule has 16 heavy (non-hydrogen) atoms. The van der Waals surface area contributed by atoms with Crippen LogP contribution in [0.3, 0.4) is 0 Å². The smallest absolute Gasteiger partial charge is 0.164 e. The highest BCUT2D eigenvalue weighted by molar-refractivity contribution is 14.1. The van der Waals surface area contributed by atoms with Crippen molar-refractivity contribution in [3.63, 3.8) is 0 Å². The molecule has 0 unspecified atom stereocenters. The van der Waals surface area contributed by atoms with Crippen molar-refractivity contribution in [2.24, 2.45) is 0 Å². The first-order valence-corrected chi connectivity index (χ1v) is 6.27. The topological polar surface area (TPSA) is 38.1 Å². The zero-order chi connectivity index (χ0) is 11.2. The number of hydrogen-bond donors (Lipinski definition) is 1. The fourth-order valence-electron chi connectivity index (χ4n) is 1.42. The van der Waals surface area contributed by atoms with E-state index in [-0.39, 0.29) is 0 Å². The molecule has 0 aromatic carbocycles. The predicted molar refractivity (Wildman–Crippen MR) is 71.1 cm³/mol. The summed E-state index contributed by atoms with van der Waals surface area (Å²) in [5.41, 5.74) is 1.11. The van der Waals surface area contributed by atoms with E-state index >= 15 is 0 Å². The van der Waals surface area contributed by atoms with Crippen LogP contribution in [-0.2, 0) is 13.0 Å². The normalized spacial score (nSPS) is 10.6. The van der Waals surface area contributed by atoms with Gasteiger partial charge in [0.1, 0.15) is 5.76 Å². The lowest BCUT2D eigenvalue weighted by molar-refractivity contribution is 0.464. The molecule has 2 aromatic heterocycles. The van der Waals surface area contributed by atoms with Crippen molar-refractivity contribution in [3.8, 4) is 0 Å². The predicted octanol–water partition coefficient (Wildman–Crippen LogP) is 2.61. The van der Waals surface area contributed by atoms with E-state index in [2.05, 4.69) is 32.9 Å². The molecule has 0 atom stereocenters. The van der Waals surface area contributed by atoms with Gasteiger partial charge in [0.05, 0.1) is 6.54 Å². The van der Waals surface area contributed by atoms with Crippen LogP contribution in [0.1, 0.15) is 11.5 Å². The van der Waals surface area contributed by atoms with Crippen molar-refractivity contribution in [3.05, 3.63) is 51.7 Å².